The van der Waals surface area contributed by atoms with Crippen LogP contribution in [0.25, 0.3) is 0 Å². The fourth-order valence-corrected chi connectivity index (χ4v) is 0.692. The molecule has 0 amide bonds. The fourth-order valence-electron chi connectivity index (χ4n) is 0.692. The molecular formula is C10H11NO2. The molecule has 0 saturated heterocycles. The number of Topliss-reactive ketones (excluding diaryl/α,β-unsaturated/α-hetero) is 1. The predicted octanol–water partition coefficient (Wildman–Crippen LogP) is 2.09. The lowest BCUT2D eigenvalue weighted by Gasteiger charge is -1.94. The Morgan fingerprint density at radius 3 is 2.54 bits per heavy atom. The van der Waals surface area contributed by atoms with E-state index in [2.05, 4.69) is 11.3 Å². The van der Waals surface area contributed by atoms with Gasteiger partial charge in [0.2, 0.25) is 0 Å². The van der Waals surface area contributed by atoms with Crippen molar-refractivity contribution in [3.05, 3.63) is 36.1 Å². The summed E-state index contributed by atoms with van der Waals surface area (Å²) in [6, 6.07) is 0. The van der Waals surface area contributed by atoms with Gasteiger partial charge in [-0.05, 0) is 26.0 Å². The van der Waals surface area contributed by atoms with E-state index >= 15 is 0 Å². The van der Waals surface area contributed by atoms with Crippen molar-refractivity contribution in [2.45, 2.75) is 13.8 Å². The topological polar surface area (TPSA) is 50.1 Å². The Balaban J connectivity index is 4.35. The summed E-state index contributed by atoms with van der Waals surface area (Å²) in [6.07, 6.45) is 6.19. The Morgan fingerprint density at radius 2 is 2.15 bits per heavy atom. The normalized spacial score (nSPS) is 11.0. The zero-order valence-electron chi connectivity index (χ0n) is 7.70. The van der Waals surface area contributed by atoms with Crippen LogP contribution < -0.4 is 0 Å². The molecule has 0 unspecified atom stereocenters. The maximum absolute atomic E-state index is 10.9. The summed E-state index contributed by atoms with van der Waals surface area (Å²) >= 11 is 0. The van der Waals surface area contributed by atoms with Crippen LogP contribution in [0.4, 0.5) is 0 Å². The van der Waals surface area contributed by atoms with E-state index in [1.54, 1.807) is 19.1 Å². The molecule has 13 heavy (non-hydrogen) atoms. The third kappa shape index (κ3) is 4.59. The van der Waals surface area contributed by atoms with E-state index in [0.717, 1.165) is 0 Å². The van der Waals surface area contributed by atoms with E-state index in [0.29, 0.717) is 5.57 Å². The molecule has 0 heterocycles. The van der Waals surface area contributed by atoms with Crippen LogP contribution in [-0.2, 0) is 9.53 Å². The lowest BCUT2D eigenvalue weighted by atomic mass is 10.1. The van der Waals surface area contributed by atoms with Gasteiger partial charge < -0.3 is 4.74 Å². The number of carbonyl (C=O) groups is 1. The second-order valence-electron chi connectivity index (χ2n) is 2.29. The lowest BCUT2D eigenvalue weighted by molar-refractivity contribution is -0.113. The predicted molar refractivity (Wildman–Crippen MR) is 49.4 cm³/mol. The van der Waals surface area contributed by atoms with Crippen molar-refractivity contribution in [2.75, 3.05) is 0 Å². The van der Waals surface area contributed by atoms with Gasteiger partial charge in [-0.15, -0.1) is 5.26 Å². The molecule has 0 atom stereocenters. The van der Waals surface area contributed by atoms with Crippen LogP contribution in [0.5, 0.6) is 0 Å². The summed E-state index contributed by atoms with van der Waals surface area (Å²) in [5.41, 5.74) is 0.558. The van der Waals surface area contributed by atoms with Crippen molar-refractivity contribution in [3.8, 4) is 6.26 Å². The molecule has 0 aliphatic heterocycles. The van der Waals surface area contributed by atoms with E-state index in [4.69, 9.17) is 5.26 Å². The monoisotopic (exact) mass is 177 g/mol. The Hall–Kier alpha value is -1.82. The Kier molecular flexibility index (Phi) is 4.97. The maximum atomic E-state index is 10.9. The van der Waals surface area contributed by atoms with Crippen molar-refractivity contribution >= 4 is 5.78 Å². The Labute approximate surface area is 77.6 Å². The molecule has 68 valence electrons. The molecule has 0 N–H and O–H groups in total. The average molecular weight is 177 g/mol. The van der Waals surface area contributed by atoms with Crippen LogP contribution in [0.3, 0.4) is 0 Å². The molecule has 0 saturated carbocycles. The first-order chi connectivity index (χ1) is 6.11. The highest BCUT2D eigenvalue weighted by Crippen LogP contribution is 2.02. The SMILES string of the molecule is C=C(/C=C\C(=C/C)C(C)=O)OC#N. The first-order valence-electron chi connectivity index (χ1n) is 3.72. The van der Waals surface area contributed by atoms with Crippen LogP contribution in [-0.4, -0.2) is 5.78 Å². The van der Waals surface area contributed by atoms with Gasteiger partial charge in [-0.3, -0.25) is 4.79 Å². The van der Waals surface area contributed by atoms with Gasteiger partial charge in [0.15, 0.2) is 5.78 Å². The van der Waals surface area contributed by atoms with Gasteiger partial charge in [0, 0.05) is 5.57 Å². The van der Waals surface area contributed by atoms with Crippen molar-refractivity contribution in [3.63, 3.8) is 0 Å². The number of nitrogens with zero attached hydrogens (tertiary/aromatic N) is 1. The maximum Gasteiger partial charge on any atom is 0.292 e. The number of ether oxygens (including phenoxy) is 1. The zero-order chi connectivity index (χ0) is 10.3. The number of hydrogen-bond donors (Lipinski definition) is 0. The molecule has 0 aromatic carbocycles. The molecule has 3 nitrogen and oxygen atoms in total. The third-order valence-electron chi connectivity index (χ3n) is 1.34. The summed E-state index contributed by atoms with van der Waals surface area (Å²) < 4.78 is 4.40. The summed E-state index contributed by atoms with van der Waals surface area (Å²) in [6.45, 7) is 6.66. The summed E-state index contributed by atoms with van der Waals surface area (Å²) in [4.78, 5) is 10.9. The molecule has 0 radical (unpaired) electrons. The zero-order valence-corrected chi connectivity index (χ0v) is 7.70. The highest BCUT2D eigenvalue weighted by atomic mass is 16.5. The standard InChI is InChI=1S/C10H11NO2/c1-4-10(9(3)12)6-5-8(2)13-7-11/h4-6H,2H2,1,3H3/b6-5-,10-4+. The quantitative estimate of drug-likeness (QED) is 0.286. The van der Waals surface area contributed by atoms with Gasteiger partial charge in [0.25, 0.3) is 6.26 Å². The minimum absolute atomic E-state index is 0.0384. The smallest absolute Gasteiger partial charge is 0.292 e. The number of carbonyl (C=O) groups excluding carboxylic acids is 1. The minimum atomic E-state index is -0.0384. The van der Waals surface area contributed by atoms with Gasteiger partial charge in [0.05, 0.1) is 0 Å². The fraction of sp³-hybridized carbons (Fsp3) is 0.200. The number of allylic oxidation sites excluding steroid dienone is 4. The molecule has 0 aromatic rings. The first kappa shape index (κ1) is 11.2. The molecule has 0 aliphatic rings. The van der Waals surface area contributed by atoms with Crippen molar-refractivity contribution in [2.24, 2.45) is 0 Å². The highest BCUT2D eigenvalue weighted by molar-refractivity contribution is 5.95. The van der Waals surface area contributed by atoms with Crippen molar-refractivity contribution in [1.82, 2.24) is 0 Å². The van der Waals surface area contributed by atoms with Crippen molar-refractivity contribution in [1.29, 1.82) is 5.26 Å². The molecule has 0 fully saturated rings. The van der Waals surface area contributed by atoms with Crippen LogP contribution >= 0.6 is 0 Å². The number of hydrogen-bond acceptors (Lipinski definition) is 3. The number of ketones is 1. The Morgan fingerprint density at radius 1 is 1.54 bits per heavy atom. The Bertz CT molecular complexity index is 305. The van der Waals surface area contributed by atoms with Gasteiger partial charge in [-0.2, -0.15) is 0 Å². The average Bonchev–Trinajstić information content (AvgIpc) is 2.05. The summed E-state index contributed by atoms with van der Waals surface area (Å²) in [7, 11) is 0. The van der Waals surface area contributed by atoms with E-state index in [1.807, 2.05) is 0 Å². The van der Waals surface area contributed by atoms with Gasteiger partial charge in [-0.1, -0.05) is 12.7 Å². The van der Waals surface area contributed by atoms with E-state index in [1.165, 1.54) is 19.3 Å². The number of rotatable bonds is 4. The molecule has 0 rings (SSSR count). The van der Waals surface area contributed by atoms with Crippen LogP contribution in [0.1, 0.15) is 13.8 Å². The molecule has 0 bridgehead atoms. The van der Waals surface area contributed by atoms with E-state index < -0.39 is 0 Å². The van der Waals surface area contributed by atoms with Crippen LogP contribution in [0, 0.1) is 11.5 Å². The second kappa shape index (κ2) is 5.78. The molecule has 0 spiro atoms. The van der Waals surface area contributed by atoms with E-state index in [-0.39, 0.29) is 11.5 Å². The molecule has 3 heteroatoms. The highest BCUT2D eigenvalue weighted by Gasteiger charge is 1.96. The molecule has 0 aromatic heterocycles. The molecular weight excluding hydrogens is 166 g/mol. The van der Waals surface area contributed by atoms with E-state index in [9.17, 15) is 4.79 Å². The third-order valence-corrected chi connectivity index (χ3v) is 1.34. The van der Waals surface area contributed by atoms with Gasteiger partial charge in [-0.25, -0.2) is 0 Å². The summed E-state index contributed by atoms with van der Waals surface area (Å²) in [5.74, 6) is 0.173. The lowest BCUT2D eigenvalue weighted by Crippen LogP contribution is -1.92. The van der Waals surface area contributed by atoms with Gasteiger partial charge >= 0.3 is 0 Å². The number of nitriles is 1. The largest absolute Gasteiger partial charge is 0.389 e. The first-order valence-corrected chi connectivity index (χ1v) is 3.72. The van der Waals surface area contributed by atoms with Gasteiger partial charge in [0.1, 0.15) is 5.76 Å². The second-order valence-corrected chi connectivity index (χ2v) is 2.29. The van der Waals surface area contributed by atoms with Crippen molar-refractivity contribution < 1.29 is 9.53 Å². The molecule has 0 aliphatic carbocycles. The van der Waals surface area contributed by atoms with Crippen LogP contribution in [0.15, 0.2) is 36.1 Å². The minimum Gasteiger partial charge on any atom is -0.389 e. The van der Waals surface area contributed by atoms with Crippen LogP contribution in [0.2, 0.25) is 0 Å². The summed E-state index contributed by atoms with van der Waals surface area (Å²) in [5, 5.41) is 8.12.